The lowest BCUT2D eigenvalue weighted by atomic mass is 10.1. The molecule has 0 radical (unpaired) electrons. The normalized spacial score (nSPS) is 23.9. The Kier molecular flexibility index (Phi) is 8.86. The molecule has 0 aromatic carbocycles. The maximum atomic E-state index is 12.1. The second-order valence-electron chi connectivity index (χ2n) is 8.11. The first-order valence-electron chi connectivity index (χ1n) is 9.89. The van der Waals surface area contributed by atoms with E-state index in [1.54, 1.807) is 0 Å². The maximum absolute atomic E-state index is 12.1. The molecule has 0 aromatic heterocycles. The Hall–Kier alpha value is 0.110. The lowest BCUT2D eigenvalue weighted by molar-refractivity contribution is -1.03. The smallest absolute Gasteiger partial charge is 0.223 e. The highest BCUT2D eigenvalue weighted by molar-refractivity contribution is 9.09. The molecule has 0 saturated carbocycles. The quantitative estimate of drug-likeness (QED) is 0.308. The van der Waals surface area contributed by atoms with E-state index in [1.165, 1.54) is 35.1 Å². The van der Waals surface area contributed by atoms with Crippen LogP contribution in [0, 0.1) is 0 Å². The molecule has 3 heterocycles. The number of nitrogens with zero attached hydrogens (tertiary/aromatic N) is 4. The zero-order valence-corrected chi connectivity index (χ0v) is 20.0. The van der Waals surface area contributed by atoms with Gasteiger partial charge in [-0.15, -0.1) is 0 Å². The number of amides is 2. The van der Waals surface area contributed by atoms with E-state index >= 15 is 0 Å². The lowest BCUT2D eigenvalue weighted by Crippen LogP contribution is -3.00. The fourth-order valence-corrected chi connectivity index (χ4v) is 5.40. The molecule has 0 atom stereocenters. The number of quaternary nitrogens is 2. The van der Waals surface area contributed by atoms with Gasteiger partial charge in [-0.25, -0.2) is 0 Å². The van der Waals surface area contributed by atoms with Crippen molar-refractivity contribution >= 4 is 43.7 Å². The first kappa shape index (κ1) is 23.4. The van der Waals surface area contributed by atoms with Gasteiger partial charge in [-0.3, -0.25) is 9.59 Å². The van der Waals surface area contributed by atoms with E-state index in [-0.39, 0.29) is 12.4 Å². The van der Waals surface area contributed by atoms with Crippen LogP contribution in [0.5, 0.6) is 0 Å². The molecular weight excluding hydrogens is 499 g/mol. The lowest BCUT2D eigenvalue weighted by Gasteiger charge is -2.54. The van der Waals surface area contributed by atoms with Crippen LogP contribution in [0.2, 0.25) is 0 Å². The predicted octanol–water partition coefficient (Wildman–Crippen LogP) is -2.11. The van der Waals surface area contributed by atoms with Crippen molar-refractivity contribution in [1.29, 1.82) is 0 Å². The molecule has 0 N–H and O–H groups in total. The number of carbonyl (C=O) groups is 2. The monoisotopic (exact) mass is 529 g/mol. The van der Waals surface area contributed by atoms with Crippen LogP contribution in [0.4, 0.5) is 0 Å². The van der Waals surface area contributed by atoms with Gasteiger partial charge in [0.2, 0.25) is 11.8 Å². The van der Waals surface area contributed by atoms with Crippen LogP contribution in [0.3, 0.4) is 0 Å². The molecule has 3 saturated heterocycles. The second-order valence-corrected chi connectivity index (χ2v) is 9.70. The van der Waals surface area contributed by atoms with Crippen LogP contribution < -0.4 is 12.4 Å². The van der Waals surface area contributed by atoms with Crippen LogP contribution in [0.25, 0.3) is 0 Å². The van der Waals surface area contributed by atoms with Gasteiger partial charge in [0.1, 0.15) is 26.2 Å². The molecule has 2 spiro atoms. The van der Waals surface area contributed by atoms with Crippen LogP contribution in [-0.2, 0) is 9.59 Å². The molecule has 0 aromatic rings. The molecule has 3 aliphatic rings. The molecule has 2 amide bonds. The van der Waals surface area contributed by atoms with E-state index in [4.69, 9.17) is 0 Å². The molecule has 3 rings (SSSR count). The molecule has 0 aliphatic carbocycles. The molecule has 0 bridgehead atoms. The molecular formula is C18H32Br2ClN4O2+. The molecule has 3 fully saturated rings. The van der Waals surface area contributed by atoms with E-state index in [1.807, 2.05) is 0 Å². The zero-order valence-electron chi connectivity index (χ0n) is 16.1. The third-order valence-corrected chi connectivity index (χ3v) is 7.59. The summed E-state index contributed by atoms with van der Waals surface area (Å²) in [6.07, 6.45) is 1.23. The van der Waals surface area contributed by atoms with Gasteiger partial charge in [0, 0.05) is 23.5 Å². The summed E-state index contributed by atoms with van der Waals surface area (Å²) in [5.74, 6) is 0.592. The van der Waals surface area contributed by atoms with Crippen molar-refractivity contribution in [3.63, 3.8) is 0 Å². The highest BCUT2D eigenvalue weighted by Crippen LogP contribution is 2.24. The summed E-state index contributed by atoms with van der Waals surface area (Å²) in [4.78, 5) is 28.3. The first-order valence-corrected chi connectivity index (χ1v) is 12.1. The number of hydrogen-bond donors (Lipinski definition) is 0. The van der Waals surface area contributed by atoms with E-state index in [2.05, 4.69) is 41.7 Å². The number of rotatable bonds is 4. The maximum Gasteiger partial charge on any atom is 0.223 e. The Morgan fingerprint density at radius 1 is 0.630 bits per heavy atom. The minimum Gasteiger partial charge on any atom is -1.00 e. The van der Waals surface area contributed by atoms with E-state index in [9.17, 15) is 9.59 Å². The third kappa shape index (κ3) is 5.59. The highest BCUT2D eigenvalue weighted by atomic mass is 79.9. The number of piperazine rings is 3. The van der Waals surface area contributed by atoms with Gasteiger partial charge in [-0.05, 0) is 0 Å². The van der Waals surface area contributed by atoms with Gasteiger partial charge in [-0.1, -0.05) is 31.9 Å². The molecule has 3 aliphatic heterocycles. The first-order chi connectivity index (χ1) is 12.5. The Morgan fingerprint density at radius 3 is 1.19 bits per heavy atom. The van der Waals surface area contributed by atoms with E-state index < -0.39 is 0 Å². The van der Waals surface area contributed by atoms with Gasteiger partial charge >= 0.3 is 0 Å². The van der Waals surface area contributed by atoms with Crippen molar-refractivity contribution in [3.8, 4) is 0 Å². The minimum absolute atomic E-state index is 0. The summed E-state index contributed by atoms with van der Waals surface area (Å²) < 4.78 is 2.40. The summed E-state index contributed by atoms with van der Waals surface area (Å²) in [5, 5.41) is 1.52. The second kappa shape index (κ2) is 10.2. The SMILES string of the molecule is O=C(CCBr)N1CC[N+]2(CC1)CC[N+]1(CCN(C(=O)CCBr)CC1)CC2.[Cl-]. The zero-order chi connectivity index (χ0) is 18.6. The fraction of sp³-hybridized carbons (Fsp3) is 0.889. The standard InChI is InChI=1S/C18H32Br2N4O2.ClH/c19-3-1-17(25)21-5-9-23(10-6-21)13-15-24(16-14-23)11-7-22(8-12-24)18(26)2-4-20;/h1-16H2;1H/q+2;/p-1. The van der Waals surface area contributed by atoms with Crippen molar-refractivity contribution in [2.45, 2.75) is 12.8 Å². The van der Waals surface area contributed by atoms with Crippen LogP contribution in [0.1, 0.15) is 12.8 Å². The summed E-state index contributed by atoms with van der Waals surface area (Å²) in [6.45, 7) is 13.1. The molecule has 156 valence electrons. The van der Waals surface area contributed by atoms with Crippen molar-refractivity contribution < 1.29 is 31.0 Å². The Morgan fingerprint density at radius 2 is 0.926 bits per heavy atom. The van der Waals surface area contributed by atoms with Crippen molar-refractivity contribution in [1.82, 2.24) is 9.80 Å². The van der Waals surface area contributed by atoms with E-state index in [0.717, 1.165) is 63.0 Å². The van der Waals surface area contributed by atoms with Gasteiger partial charge in [0.15, 0.2) is 0 Å². The number of alkyl halides is 2. The average molecular weight is 532 g/mol. The van der Waals surface area contributed by atoms with Gasteiger partial charge in [0.05, 0.1) is 52.4 Å². The average Bonchev–Trinajstić information content (AvgIpc) is 2.66. The van der Waals surface area contributed by atoms with Gasteiger partial charge in [0.25, 0.3) is 0 Å². The van der Waals surface area contributed by atoms with Crippen molar-refractivity contribution in [3.05, 3.63) is 0 Å². The topological polar surface area (TPSA) is 40.6 Å². The summed E-state index contributed by atoms with van der Waals surface area (Å²) in [7, 11) is 0. The number of hydrogen-bond acceptors (Lipinski definition) is 2. The van der Waals surface area contributed by atoms with Crippen LogP contribution >= 0.6 is 31.9 Å². The number of halogens is 3. The van der Waals surface area contributed by atoms with Gasteiger partial charge < -0.3 is 31.2 Å². The Labute approximate surface area is 186 Å². The van der Waals surface area contributed by atoms with Crippen LogP contribution in [0.15, 0.2) is 0 Å². The van der Waals surface area contributed by atoms with Crippen LogP contribution in [-0.4, -0.2) is 120 Å². The largest absolute Gasteiger partial charge is 1.00 e. The Balaban J connectivity index is 0.00000261. The molecule has 0 unspecified atom stereocenters. The predicted molar refractivity (Wildman–Crippen MR) is 109 cm³/mol. The molecule has 6 nitrogen and oxygen atoms in total. The number of carbonyl (C=O) groups excluding carboxylic acids is 2. The van der Waals surface area contributed by atoms with E-state index in [0.29, 0.717) is 24.7 Å². The molecule has 9 heteroatoms. The third-order valence-electron chi connectivity index (χ3n) is 6.80. The molecule has 27 heavy (non-hydrogen) atoms. The van der Waals surface area contributed by atoms with Crippen molar-refractivity contribution in [2.75, 3.05) is 89.2 Å². The highest BCUT2D eigenvalue weighted by Gasteiger charge is 2.45. The summed E-state index contributed by atoms with van der Waals surface area (Å²) >= 11 is 6.74. The Bertz CT molecular complexity index is 463. The summed E-state index contributed by atoms with van der Waals surface area (Å²) in [6, 6.07) is 0. The van der Waals surface area contributed by atoms with Crippen molar-refractivity contribution in [2.24, 2.45) is 0 Å². The minimum atomic E-state index is 0. The summed E-state index contributed by atoms with van der Waals surface area (Å²) in [5.41, 5.74) is 0. The van der Waals surface area contributed by atoms with Gasteiger partial charge in [-0.2, -0.15) is 0 Å². The fourth-order valence-electron chi connectivity index (χ4n) is 4.72.